The maximum absolute atomic E-state index is 11.9. The summed E-state index contributed by atoms with van der Waals surface area (Å²) in [5.74, 6) is 0.0462. The highest BCUT2D eigenvalue weighted by molar-refractivity contribution is 6.30. The molecule has 3 rings (SSSR count). The van der Waals surface area contributed by atoms with Gasteiger partial charge in [0, 0.05) is 10.7 Å². The van der Waals surface area contributed by atoms with Gasteiger partial charge in [-0.15, -0.1) is 0 Å². The number of hydrogen-bond donors (Lipinski definition) is 2. The van der Waals surface area contributed by atoms with E-state index in [1.807, 2.05) is 24.3 Å². The zero-order chi connectivity index (χ0) is 19.1. The minimum atomic E-state index is -0.443. The van der Waals surface area contributed by atoms with Crippen LogP contribution in [-0.4, -0.2) is 18.4 Å². The average Bonchev–Trinajstić information content (AvgIpc) is 3.22. The first-order valence-corrected chi connectivity index (χ1v) is 8.57. The van der Waals surface area contributed by atoms with E-state index >= 15 is 0 Å². The fourth-order valence-corrected chi connectivity index (χ4v) is 2.37. The van der Waals surface area contributed by atoms with E-state index in [0.29, 0.717) is 23.1 Å². The van der Waals surface area contributed by atoms with Gasteiger partial charge < -0.3 is 19.8 Å². The lowest BCUT2D eigenvalue weighted by Gasteiger charge is -2.09. The molecule has 1 aromatic heterocycles. The molecule has 2 aromatic carbocycles. The van der Waals surface area contributed by atoms with Crippen LogP contribution in [0.3, 0.4) is 0 Å². The van der Waals surface area contributed by atoms with E-state index in [-0.39, 0.29) is 18.2 Å². The third-order valence-corrected chi connectivity index (χ3v) is 3.86. The molecule has 0 aliphatic heterocycles. The minimum Gasteiger partial charge on any atom is -0.489 e. The fourth-order valence-electron chi connectivity index (χ4n) is 2.24. The summed E-state index contributed by atoms with van der Waals surface area (Å²) in [6, 6.07) is 17.5. The highest BCUT2D eigenvalue weighted by Crippen LogP contribution is 2.18. The lowest BCUT2D eigenvalue weighted by atomic mass is 10.2. The van der Waals surface area contributed by atoms with E-state index < -0.39 is 5.91 Å². The van der Waals surface area contributed by atoms with Crippen LogP contribution < -0.4 is 15.4 Å². The minimum absolute atomic E-state index is 0.157. The van der Waals surface area contributed by atoms with E-state index in [0.717, 1.165) is 5.56 Å². The van der Waals surface area contributed by atoms with Crippen molar-refractivity contribution < 1.29 is 18.7 Å². The Morgan fingerprint density at radius 1 is 1.00 bits per heavy atom. The molecule has 0 atom stereocenters. The Hall–Kier alpha value is -3.25. The molecule has 138 valence electrons. The Morgan fingerprint density at radius 2 is 1.74 bits per heavy atom. The summed E-state index contributed by atoms with van der Waals surface area (Å²) in [4.78, 5) is 23.6. The van der Waals surface area contributed by atoms with Crippen LogP contribution in [0, 0.1) is 0 Å². The molecule has 3 aromatic rings. The molecule has 0 saturated heterocycles. The molecular weight excluding hydrogens is 368 g/mol. The first-order valence-electron chi connectivity index (χ1n) is 8.19. The predicted octanol–water partition coefficient (Wildman–Crippen LogP) is 3.88. The zero-order valence-corrected chi connectivity index (χ0v) is 15.0. The van der Waals surface area contributed by atoms with Gasteiger partial charge in [0.1, 0.15) is 12.4 Å². The number of benzene rings is 2. The monoisotopic (exact) mass is 384 g/mol. The molecule has 0 radical (unpaired) electrons. The van der Waals surface area contributed by atoms with Gasteiger partial charge in [-0.1, -0.05) is 23.7 Å². The molecule has 0 aliphatic rings. The number of rotatable bonds is 7. The number of furan rings is 1. The van der Waals surface area contributed by atoms with Crippen molar-refractivity contribution in [3.05, 3.63) is 83.3 Å². The molecule has 0 unspecified atom stereocenters. The largest absolute Gasteiger partial charge is 0.489 e. The zero-order valence-electron chi connectivity index (χ0n) is 14.3. The summed E-state index contributed by atoms with van der Waals surface area (Å²) in [6.45, 7) is 0.260. The van der Waals surface area contributed by atoms with Crippen LogP contribution in [0.5, 0.6) is 5.75 Å². The van der Waals surface area contributed by atoms with Crippen LogP contribution in [0.15, 0.2) is 71.3 Å². The van der Waals surface area contributed by atoms with E-state index in [4.69, 9.17) is 20.8 Å². The lowest BCUT2D eigenvalue weighted by Crippen LogP contribution is -2.32. The summed E-state index contributed by atoms with van der Waals surface area (Å²) < 4.78 is 10.6. The Morgan fingerprint density at radius 3 is 2.41 bits per heavy atom. The second-order valence-electron chi connectivity index (χ2n) is 5.65. The van der Waals surface area contributed by atoms with E-state index in [1.165, 1.54) is 12.3 Å². The smallest absolute Gasteiger partial charge is 0.287 e. The molecule has 6 nitrogen and oxygen atoms in total. The van der Waals surface area contributed by atoms with Crippen LogP contribution in [0.1, 0.15) is 16.1 Å². The van der Waals surface area contributed by atoms with E-state index in [9.17, 15) is 9.59 Å². The summed E-state index contributed by atoms with van der Waals surface area (Å²) in [6.07, 6.45) is 1.39. The van der Waals surface area contributed by atoms with E-state index in [2.05, 4.69) is 10.6 Å². The maximum Gasteiger partial charge on any atom is 0.287 e. The van der Waals surface area contributed by atoms with Crippen LogP contribution in [0.4, 0.5) is 5.69 Å². The molecule has 0 fully saturated rings. The van der Waals surface area contributed by atoms with Crippen LogP contribution in [-0.2, 0) is 11.4 Å². The van der Waals surface area contributed by atoms with Crippen molar-refractivity contribution in [3.63, 3.8) is 0 Å². The van der Waals surface area contributed by atoms with Crippen molar-refractivity contribution in [1.82, 2.24) is 5.32 Å². The number of hydrogen-bond acceptors (Lipinski definition) is 4. The fraction of sp³-hybridized carbons (Fsp3) is 0.100. The number of amides is 2. The molecule has 1 heterocycles. The summed E-state index contributed by atoms with van der Waals surface area (Å²) in [5, 5.41) is 5.86. The topological polar surface area (TPSA) is 80.6 Å². The van der Waals surface area contributed by atoms with E-state index in [1.54, 1.807) is 30.3 Å². The number of carbonyl (C=O) groups is 2. The molecule has 0 bridgehead atoms. The van der Waals surface area contributed by atoms with Gasteiger partial charge in [0.05, 0.1) is 12.8 Å². The molecule has 2 amide bonds. The molecule has 7 heteroatoms. The Balaban J connectivity index is 1.44. The Kier molecular flexibility index (Phi) is 6.12. The van der Waals surface area contributed by atoms with Crippen LogP contribution >= 0.6 is 11.6 Å². The average molecular weight is 385 g/mol. The van der Waals surface area contributed by atoms with Crippen molar-refractivity contribution in [2.45, 2.75) is 6.61 Å². The van der Waals surface area contributed by atoms with Crippen molar-refractivity contribution in [2.24, 2.45) is 0 Å². The molecule has 2 N–H and O–H groups in total. The third-order valence-electron chi connectivity index (χ3n) is 3.61. The standard InChI is InChI=1S/C20H17ClN2O4/c21-15-5-3-14(4-6-15)13-27-17-9-7-16(8-10-17)23-19(24)12-22-20(25)18-2-1-11-26-18/h1-11H,12-13H2,(H,22,25)(H,23,24). The van der Waals surface area contributed by atoms with Gasteiger partial charge >= 0.3 is 0 Å². The Labute approximate surface area is 161 Å². The van der Waals surface area contributed by atoms with Crippen molar-refractivity contribution in [1.29, 1.82) is 0 Å². The van der Waals surface area contributed by atoms with Crippen LogP contribution in [0.2, 0.25) is 5.02 Å². The number of halogens is 1. The maximum atomic E-state index is 11.9. The molecule has 0 saturated carbocycles. The van der Waals surface area contributed by atoms with Crippen molar-refractivity contribution in [2.75, 3.05) is 11.9 Å². The number of anilines is 1. The van der Waals surface area contributed by atoms with Gasteiger partial charge in [-0.25, -0.2) is 0 Å². The lowest BCUT2D eigenvalue weighted by molar-refractivity contribution is -0.115. The van der Waals surface area contributed by atoms with Gasteiger partial charge in [0.2, 0.25) is 5.91 Å². The number of ether oxygens (including phenoxy) is 1. The molecule has 27 heavy (non-hydrogen) atoms. The van der Waals surface area contributed by atoms with Crippen molar-refractivity contribution in [3.8, 4) is 5.75 Å². The molecular formula is C20H17ClN2O4. The first kappa shape index (κ1) is 18.5. The van der Waals surface area contributed by atoms with Crippen molar-refractivity contribution >= 4 is 29.1 Å². The number of nitrogens with one attached hydrogen (secondary N) is 2. The normalized spacial score (nSPS) is 10.3. The third kappa shape index (κ3) is 5.62. The SMILES string of the molecule is O=C(CNC(=O)c1ccco1)Nc1ccc(OCc2ccc(Cl)cc2)cc1. The van der Waals surface area contributed by atoms with Crippen LogP contribution in [0.25, 0.3) is 0 Å². The summed E-state index contributed by atoms with van der Waals surface area (Å²) >= 11 is 5.85. The number of carbonyl (C=O) groups excluding carboxylic acids is 2. The summed E-state index contributed by atoms with van der Waals surface area (Å²) in [5.41, 5.74) is 1.61. The highest BCUT2D eigenvalue weighted by Gasteiger charge is 2.10. The first-order chi connectivity index (χ1) is 13.1. The van der Waals surface area contributed by atoms with Gasteiger partial charge in [-0.3, -0.25) is 9.59 Å². The van der Waals surface area contributed by atoms with Gasteiger partial charge in [0.25, 0.3) is 5.91 Å². The molecule has 0 aliphatic carbocycles. The van der Waals surface area contributed by atoms with Gasteiger partial charge in [-0.05, 0) is 54.1 Å². The molecule has 0 spiro atoms. The quantitative estimate of drug-likeness (QED) is 0.647. The van der Waals surface area contributed by atoms with Gasteiger partial charge in [-0.2, -0.15) is 0 Å². The predicted molar refractivity (Wildman–Crippen MR) is 102 cm³/mol. The second kappa shape index (κ2) is 8.91. The Bertz CT molecular complexity index is 891. The van der Waals surface area contributed by atoms with Gasteiger partial charge in [0.15, 0.2) is 5.76 Å². The highest BCUT2D eigenvalue weighted by atomic mass is 35.5. The second-order valence-corrected chi connectivity index (χ2v) is 6.08. The summed E-state index contributed by atoms with van der Waals surface area (Å²) in [7, 11) is 0.